The van der Waals surface area contributed by atoms with E-state index in [1.807, 2.05) is 0 Å². The van der Waals surface area contributed by atoms with Crippen LogP contribution in [-0.2, 0) is 0 Å². The molecule has 2 aromatic heterocycles. The third-order valence-electron chi connectivity index (χ3n) is 4.50. The Morgan fingerprint density at radius 2 is 1.36 bits per heavy atom. The van der Waals surface area contributed by atoms with E-state index in [-0.39, 0.29) is 6.10 Å². The quantitative estimate of drug-likeness (QED) is 0.877. The molecule has 4 heterocycles. The van der Waals surface area contributed by atoms with Gasteiger partial charge in [-0.3, -0.25) is 0 Å². The van der Waals surface area contributed by atoms with Gasteiger partial charge in [-0.1, -0.05) is 0 Å². The van der Waals surface area contributed by atoms with Gasteiger partial charge in [-0.2, -0.15) is 0 Å². The molecule has 118 valence electrons. The highest BCUT2D eigenvalue weighted by Gasteiger charge is 2.26. The zero-order valence-corrected chi connectivity index (χ0v) is 12.5. The number of anilines is 2. The lowest BCUT2D eigenvalue weighted by atomic mass is 10.1. The Morgan fingerprint density at radius 1 is 0.818 bits per heavy atom. The fourth-order valence-electron chi connectivity index (χ4n) is 3.23. The monoisotopic (exact) mass is 304 g/mol. The van der Waals surface area contributed by atoms with Crippen LogP contribution in [0.25, 0.3) is 11.3 Å². The second-order valence-electron chi connectivity index (χ2n) is 6.05. The van der Waals surface area contributed by atoms with Gasteiger partial charge < -0.3 is 14.9 Å². The van der Waals surface area contributed by atoms with E-state index in [4.69, 9.17) is 4.63 Å². The van der Waals surface area contributed by atoms with Crippen LogP contribution < -0.4 is 9.80 Å². The molecule has 2 aromatic rings. The Morgan fingerprint density at radius 3 is 1.95 bits per heavy atom. The highest BCUT2D eigenvalue weighted by atomic mass is 16.6. The van der Waals surface area contributed by atoms with Crippen molar-refractivity contribution in [2.24, 2.45) is 0 Å². The molecule has 1 N–H and O–H groups in total. The molecule has 2 fully saturated rings. The molecule has 2 saturated heterocycles. The van der Waals surface area contributed by atoms with Crippen molar-refractivity contribution in [3.8, 4) is 0 Å². The molecule has 0 radical (unpaired) electrons. The smallest absolute Gasteiger partial charge is 0.245 e. The largest absolute Gasteiger partial charge is 0.393 e. The predicted octanol–water partition coefficient (Wildman–Crippen LogP) is 0.964. The standard InChI is InChI=1S/C14H20N6O2/c21-10-4-8-20(9-5-10)14-13(19-6-2-1-3-7-19)15-11-12(16-14)18-22-17-11/h10,21H,1-9H2. The van der Waals surface area contributed by atoms with Crippen LogP contribution >= 0.6 is 0 Å². The predicted molar refractivity (Wildman–Crippen MR) is 80.9 cm³/mol. The van der Waals surface area contributed by atoms with Gasteiger partial charge >= 0.3 is 0 Å². The summed E-state index contributed by atoms with van der Waals surface area (Å²) in [6.45, 7) is 3.56. The maximum absolute atomic E-state index is 9.72. The molecule has 22 heavy (non-hydrogen) atoms. The van der Waals surface area contributed by atoms with E-state index in [0.29, 0.717) is 11.3 Å². The number of hydrogen-bond acceptors (Lipinski definition) is 8. The van der Waals surface area contributed by atoms with Crippen molar-refractivity contribution in [1.82, 2.24) is 20.3 Å². The third kappa shape index (κ3) is 2.47. The van der Waals surface area contributed by atoms with Crippen molar-refractivity contribution in [1.29, 1.82) is 0 Å². The molecule has 8 nitrogen and oxygen atoms in total. The summed E-state index contributed by atoms with van der Waals surface area (Å²) in [5.41, 5.74) is 0.906. The molecule has 0 spiro atoms. The Balaban J connectivity index is 1.73. The maximum atomic E-state index is 9.72. The molecule has 2 aliphatic rings. The van der Waals surface area contributed by atoms with Gasteiger partial charge in [0.1, 0.15) is 0 Å². The molecular formula is C14H20N6O2. The van der Waals surface area contributed by atoms with Gasteiger partial charge in [0.2, 0.25) is 11.3 Å². The lowest BCUT2D eigenvalue weighted by Gasteiger charge is -2.35. The number of piperidine rings is 2. The molecule has 0 amide bonds. The zero-order valence-electron chi connectivity index (χ0n) is 12.5. The van der Waals surface area contributed by atoms with Gasteiger partial charge in [0.05, 0.1) is 6.10 Å². The normalized spacial score (nSPS) is 20.8. The summed E-state index contributed by atoms with van der Waals surface area (Å²) in [6, 6.07) is 0. The minimum atomic E-state index is -0.208. The van der Waals surface area contributed by atoms with E-state index in [1.165, 1.54) is 19.3 Å². The summed E-state index contributed by atoms with van der Waals surface area (Å²) < 4.78 is 4.76. The van der Waals surface area contributed by atoms with Crippen molar-refractivity contribution in [3.05, 3.63) is 0 Å². The number of aliphatic hydroxyl groups excluding tert-OH is 1. The number of aliphatic hydroxyl groups is 1. The molecule has 0 saturated carbocycles. The van der Waals surface area contributed by atoms with Gasteiger partial charge in [0.15, 0.2) is 11.6 Å². The van der Waals surface area contributed by atoms with Crippen LogP contribution in [0.1, 0.15) is 32.1 Å². The molecule has 0 aliphatic carbocycles. The van der Waals surface area contributed by atoms with E-state index >= 15 is 0 Å². The summed E-state index contributed by atoms with van der Waals surface area (Å²) >= 11 is 0. The van der Waals surface area contributed by atoms with Crippen LogP contribution in [0.4, 0.5) is 11.6 Å². The first-order chi connectivity index (χ1) is 10.8. The van der Waals surface area contributed by atoms with Crippen molar-refractivity contribution >= 4 is 22.9 Å². The van der Waals surface area contributed by atoms with Gasteiger partial charge in [0.25, 0.3) is 0 Å². The highest BCUT2D eigenvalue weighted by Crippen LogP contribution is 2.31. The molecule has 4 rings (SSSR count). The molecule has 0 aromatic carbocycles. The van der Waals surface area contributed by atoms with Gasteiger partial charge in [-0.25, -0.2) is 14.6 Å². The van der Waals surface area contributed by atoms with Gasteiger partial charge in [-0.15, -0.1) is 0 Å². The average Bonchev–Trinajstić information content (AvgIpc) is 3.03. The van der Waals surface area contributed by atoms with Crippen molar-refractivity contribution in [3.63, 3.8) is 0 Å². The van der Waals surface area contributed by atoms with Crippen LogP contribution in [-0.4, -0.2) is 57.7 Å². The fourth-order valence-corrected chi connectivity index (χ4v) is 3.23. The molecule has 8 heteroatoms. The number of fused-ring (bicyclic) bond motifs is 1. The lowest BCUT2D eigenvalue weighted by molar-refractivity contribution is 0.145. The molecule has 0 bridgehead atoms. The lowest BCUT2D eigenvalue weighted by Crippen LogP contribution is -2.39. The third-order valence-corrected chi connectivity index (χ3v) is 4.50. The summed E-state index contributed by atoms with van der Waals surface area (Å²) in [4.78, 5) is 13.8. The summed E-state index contributed by atoms with van der Waals surface area (Å²) in [6.07, 6.45) is 4.93. The number of aromatic nitrogens is 4. The molecule has 0 unspecified atom stereocenters. The zero-order chi connectivity index (χ0) is 14.9. The second kappa shape index (κ2) is 5.68. The summed E-state index contributed by atoms with van der Waals surface area (Å²) in [5.74, 6) is 1.72. The summed E-state index contributed by atoms with van der Waals surface area (Å²) in [5, 5.41) is 17.4. The Hall–Kier alpha value is -1.96. The first kappa shape index (κ1) is 13.7. The van der Waals surface area contributed by atoms with Gasteiger partial charge in [0, 0.05) is 26.2 Å². The van der Waals surface area contributed by atoms with Crippen LogP contribution in [0, 0.1) is 0 Å². The van der Waals surface area contributed by atoms with E-state index < -0.39 is 0 Å². The van der Waals surface area contributed by atoms with E-state index in [2.05, 4.69) is 30.1 Å². The minimum absolute atomic E-state index is 0.208. The Labute approximate surface area is 128 Å². The van der Waals surface area contributed by atoms with E-state index in [1.54, 1.807) is 0 Å². The van der Waals surface area contributed by atoms with Crippen LogP contribution in [0.5, 0.6) is 0 Å². The topological polar surface area (TPSA) is 91.4 Å². The molecule has 0 atom stereocenters. The Bertz CT molecular complexity index is 646. The number of rotatable bonds is 2. The van der Waals surface area contributed by atoms with Crippen molar-refractivity contribution in [2.75, 3.05) is 36.0 Å². The first-order valence-corrected chi connectivity index (χ1v) is 7.99. The number of nitrogens with zero attached hydrogens (tertiary/aromatic N) is 6. The maximum Gasteiger partial charge on any atom is 0.245 e. The van der Waals surface area contributed by atoms with E-state index in [9.17, 15) is 5.11 Å². The highest BCUT2D eigenvalue weighted by molar-refractivity contribution is 5.74. The van der Waals surface area contributed by atoms with Crippen molar-refractivity contribution < 1.29 is 9.74 Å². The van der Waals surface area contributed by atoms with Crippen LogP contribution in [0.3, 0.4) is 0 Å². The van der Waals surface area contributed by atoms with Crippen LogP contribution in [0.15, 0.2) is 4.63 Å². The first-order valence-electron chi connectivity index (χ1n) is 7.99. The van der Waals surface area contributed by atoms with Gasteiger partial charge in [-0.05, 0) is 42.4 Å². The van der Waals surface area contributed by atoms with Crippen molar-refractivity contribution in [2.45, 2.75) is 38.2 Å². The second-order valence-corrected chi connectivity index (χ2v) is 6.05. The van der Waals surface area contributed by atoms with Crippen LogP contribution in [0.2, 0.25) is 0 Å². The van der Waals surface area contributed by atoms with E-state index in [0.717, 1.165) is 50.7 Å². The number of hydrogen-bond donors (Lipinski definition) is 1. The molecule has 2 aliphatic heterocycles. The SMILES string of the molecule is OC1CCN(c2nc3nonc3nc2N2CCCCC2)CC1. The Kier molecular flexibility index (Phi) is 3.53. The fraction of sp³-hybridized carbons (Fsp3) is 0.714. The minimum Gasteiger partial charge on any atom is -0.393 e. The molecular weight excluding hydrogens is 284 g/mol. The summed E-state index contributed by atoms with van der Waals surface area (Å²) in [7, 11) is 0. The average molecular weight is 304 g/mol.